The quantitative estimate of drug-likeness (QED) is 0.872. The smallest absolute Gasteiger partial charge is 0.248 e. The van der Waals surface area contributed by atoms with E-state index in [4.69, 9.17) is 10.5 Å². The van der Waals surface area contributed by atoms with Gasteiger partial charge < -0.3 is 15.4 Å². The van der Waals surface area contributed by atoms with Crippen LogP contribution in [-0.4, -0.2) is 37.6 Å². The number of hydrogen-bond acceptors (Lipinski definition) is 3. The number of methoxy groups -OCH3 is 1. The number of benzene rings is 1. The highest BCUT2D eigenvalue weighted by molar-refractivity contribution is 5.92. The lowest BCUT2D eigenvalue weighted by Crippen LogP contribution is -2.59. The predicted molar refractivity (Wildman–Crippen MR) is 95.8 cm³/mol. The Labute approximate surface area is 145 Å². The molecule has 2 fully saturated rings. The number of primary amides is 1. The zero-order valence-electron chi connectivity index (χ0n) is 15.0. The third kappa shape index (κ3) is 2.98. The molecule has 0 radical (unpaired) electrons. The number of nitrogens with two attached hydrogens (primary N) is 1. The van der Waals surface area contributed by atoms with Crippen LogP contribution in [0, 0.1) is 11.8 Å². The summed E-state index contributed by atoms with van der Waals surface area (Å²) in [6.07, 6.45) is 6.15. The number of rotatable bonds is 6. The Morgan fingerprint density at radius 1 is 1.33 bits per heavy atom. The number of amides is 1. The number of piperidine rings is 1. The second-order valence-corrected chi connectivity index (χ2v) is 7.38. The molecule has 1 saturated heterocycles. The summed E-state index contributed by atoms with van der Waals surface area (Å²) >= 11 is 0. The number of fused-ring (bicyclic) bond motifs is 2. The number of carbonyl (C=O) groups excluding carboxylic acids is 1. The number of unbranched alkanes of at least 4 members (excludes halogenated alkanes) is 1. The molecule has 2 bridgehead atoms. The molecule has 4 heteroatoms. The van der Waals surface area contributed by atoms with Crippen molar-refractivity contribution in [3.63, 3.8) is 0 Å². The van der Waals surface area contributed by atoms with Crippen molar-refractivity contribution in [3.05, 3.63) is 35.4 Å². The monoisotopic (exact) mass is 330 g/mol. The summed E-state index contributed by atoms with van der Waals surface area (Å²) in [4.78, 5) is 14.2. The number of likely N-dealkylation sites (tertiary alicyclic amines) is 1. The third-order valence-electron chi connectivity index (χ3n) is 6.04. The molecule has 1 amide bonds. The van der Waals surface area contributed by atoms with Crippen LogP contribution in [0.2, 0.25) is 0 Å². The molecular weight excluding hydrogens is 300 g/mol. The molecule has 1 aliphatic heterocycles. The minimum Gasteiger partial charge on any atom is -0.373 e. The van der Waals surface area contributed by atoms with Crippen LogP contribution in [-0.2, 0) is 10.3 Å². The van der Waals surface area contributed by atoms with Crippen molar-refractivity contribution in [2.75, 3.05) is 26.7 Å². The molecule has 3 atom stereocenters. The van der Waals surface area contributed by atoms with Gasteiger partial charge in [-0.1, -0.05) is 31.9 Å². The molecule has 4 nitrogen and oxygen atoms in total. The van der Waals surface area contributed by atoms with Crippen molar-refractivity contribution in [2.24, 2.45) is 17.6 Å². The highest BCUT2D eigenvalue weighted by Crippen LogP contribution is 2.51. The second kappa shape index (κ2) is 7.24. The van der Waals surface area contributed by atoms with Gasteiger partial charge in [0.2, 0.25) is 5.91 Å². The molecule has 2 N–H and O–H groups in total. The number of ether oxygens (including phenoxy) is 1. The fourth-order valence-corrected chi connectivity index (χ4v) is 4.93. The van der Waals surface area contributed by atoms with Crippen LogP contribution in [0.15, 0.2) is 24.3 Å². The van der Waals surface area contributed by atoms with E-state index in [1.165, 1.54) is 38.6 Å². The summed E-state index contributed by atoms with van der Waals surface area (Å²) in [6, 6.07) is 7.80. The first-order valence-corrected chi connectivity index (χ1v) is 9.29. The fourth-order valence-electron chi connectivity index (χ4n) is 4.93. The SMILES string of the molecule is CCCCN1C[C@H]2CCC[C@@H](C1)C2(OC)c1cccc(C(N)=O)c1. The lowest BCUT2D eigenvalue weighted by molar-refractivity contribution is -0.169. The van der Waals surface area contributed by atoms with Crippen LogP contribution in [0.5, 0.6) is 0 Å². The van der Waals surface area contributed by atoms with Gasteiger partial charge in [0.15, 0.2) is 0 Å². The first-order chi connectivity index (χ1) is 11.6. The van der Waals surface area contributed by atoms with E-state index in [0.717, 1.165) is 18.7 Å². The minimum atomic E-state index is -0.367. The summed E-state index contributed by atoms with van der Waals surface area (Å²) < 4.78 is 6.24. The average Bonchev–Trinajstić information content (AvgIpc) is 2.59. The standard InChI is InChI=1S/C20H30N2O2/c1-3-4-11-22-13-17-9-6-10-18(14-22)20(17,24-2)16-8-5-7-15(12-16)19(21)23/h5,7-8,12,17-18H,3-4,6,9-11,13-14H2,1-2H3,(H2,21,23)/t17-,18+,20?. The molecule has 1 heterocycles. The Bertz CT molecular complexity index is 573. The molecular formula is C20H30N2O2. The van der Waals surface area contributed by atoms with E-state index in [-0.39, 0.29) is 11.5 Å². The minimum absolute atomic E-state index is 0.271. The summed E-state index contributed by atoms with van der Waals surface area (Å²) in [5.41, 5.74) is 6.94. The van der Waals surface area contributed by atoms with Gasteiger partial charge in [0, 0.05) is 37.6 Å². The zero-order chi connectivity index (χ0) is 17.2. The van der Waals surface area contributed by atoms with Crippen LogP contribution in [0.4, 0.5) is 0 Å². The molecule has 1 aromatic carbocycles. The second-order valence-electron chi connectivity index (χ2n) is 7.38. The van der Waals surface area contributed by atoms with Crippen LogP contribution >= 0.6 is 0 Å². The maximum Gasteiger partial charge on any atom is 0.248 e. The first kappa shape index (κ1) is 17.4. The highest BCUT2D eigenvalue weighted by Gasteiger charge is 2.53. The molecule has 3 rings (SSSR count). The molecule has 0 aromatic heterocycles. The molecule has 1 saturated carbocycles. The van der Waals surface area contributed by atoms with E-state index >= 15 is 0 Å². The van der Waals surface area contributed by atoms with Crippen molar-refractivity contribution in [3.8, 4) is 0 Å². The summed E-state index contributed by atoms with van der Waals surface area (Å²) in [6.45, 7) is 5.61. The van der Waals surface area contributed by atoms with E-state index in [2.05, 4.69) is 17.9 Å². The van der Waals surface area contributed by atoms with Crippen LogP contribution in [0.25, 0.3) is 0 Å². The van der Waals surface area contributed by atoms with Crippen LogP contribution < -0.4 is 5.73 Å². The Morgan fingerprint density at radius 3 is 2.62 bits per heavy atom. The van der Waals surface area contributed by atoms with Gasteiger partial charge in [0.25, 0.3) is 0 Å². The van der Waals surface area contributed by atoms with Crippen LogP contribution in [0.1, 0.15) is 54.9 Å². The molecule has 1 aromatic rings. The van der Waals surface area contributed by atoms with Gasteiger partial charge >= 0.3 is 0 Å². The van der Waals surface area contributed by atoms with Crippen molar-refractivity contribution >= 4 is 5.91 Å². The van der Waals surface area contributed by atoms with E-state index in [0.29, 0.717) is 17.4 Å². The number of hydrogen-bond donors (Lipinski definition) is 1. The molecule has 1 aliphatic carbocycles. The first-order valence-electron chi connectivity index (χ1n) is 9.29. The maximum atomic E-state index is 11.6. The maximum absolute atomic E-state index is 11.6. The topological polar surface area (TPSA) is 55.6 Å². The van der Waals surface area contributed by atoms with Crippen molar-refractivity contribution < 1.29 is 9.53 Å². The van der Waals surface area contributed by atoms with E-state index < -0.39 is 0 Å². The summed E-state index contributed by atoms with van der Waals surface area (Å²) in [5.74, 6) is 0.596. The van der Waals surface area contributed by atoms with Gasteiger partial charge in [-0.3, -0.25) is 4.79 Å². The molecule has 132 valence electrons. The van der Waals surface area contributed by atoms with Crippen LogP contribution in [0.3, 0.4) is 0 Å². The summed E-state index contributed by atoms with van der Waals surface area (Å²) in [5, 5.41) is 0. The fraction of sp³-hybridized carbons (Fsp3) is 0.650. The third-order valence-corrected chi connectivity index (χ3v) is 6.04. The Hall–Kier alpha value is -1.39. The lowest BCUT2D eigenvalue weighted by atomic mass is 9.62. The van der Waals surface area contributed by atoms with Gasteiger partial charge in [-0.05, 0) is 43.5 Å². The van der Waals surface area contributed by atoms with Crippen molar-refractivity contribution in [1.82, 2.24) is 4.90 Å². The van der Waals surface area contributed by atoms with Gasteiger partial charge in [-0.2, -0.15) is 0 Å². The zero-order valence-corrected chi connectivity index (χ0v) is 15.0. The lowest BCUT2D eigenvalue weighted by Gasteiger charge is -2.55. The normalized spacial score (nSPS) is 30.2. The van der Waals surface area contributed by atoms with Gasteiger partial charge in [0.05, 0.1) is 0 Å². The van der Waals surface area contributed by atoms with Crippen molar-refractivity contribution in [2.45, 2.75) is 44.6 Å². The predicted octanol–water partition coefficient (Wildman–Crippen LogP) is 3.16. The Morgan fingerprint density at radius 2 is 2.04 bits per heavy atom. The van der Waals surface area contributed by atoms with Gasteiger partial charge in [-0.25, -0.2) is 0 Å². The van der Waals surface area contributed by atoms with Crippen molar-refractivity contribution in [1.29, 1.82) is 0 Å². The summed E-state index contributed by atoms with van der Waals surface area (Å²) in [7, 11) is 1.84. The average molecular weight is 330 g/mol. The van der Waals surface area contributed by atoms with Gasteiger partial charge in [-0.15, -0.1) is 0 Å². The Balaban J connectivity index is 1.94. The largest absolute Gasteiger partial charge is 0.373 e. The molecule has 1 unspecified atom stereocenters. The molecule has 0 spiro atoms. The van der Waals surface area contributed by atoms with E-state index in [9.17, 15) is 4.79 Å². The van der Waals surface area contributed by atoms with E-state index in [1.807, 2.05) is 19.2 Å². The number of carbonyl (C=O) groups is 1. The van der Waals surface area contributed by atoms with Gasteiger partial charge in [0.1, 0.15) is 5.60 Å². The van der Waals surface area contributed by atoms with E-state index in [1.54, 1.807) is 6.07 Å². The number of nitrogens with zero attached hydrogens (tertiary/aromatic N) is 1. The molecule has 2 aliphatic rings. The Kier molecular flexibility index (Phi) is 5.26. The highest BCUT2D eigenvalue weighted by atomic mass is 16.5. The molecule has 24 heavy (non-hydrogen) atoms.